The zero-order valence-electron chi connectivity index (χ0n) is 2.74. The molecule has 36 valence electrons. The molecule has 0 radical (unpaired) electrons. The minimum Gasteiger partial charge on any atom is -0.345 e. The molecular formula is CH3O4P. The van der Waals surface area contributed by atoms with Gasteiger partial charge in [-0.1, -0.05) is 0 Å². The van der Waals surface area contributed by atoms with Gasteiger partial charge in [0.1, 0.15) is 0 Å². The maximum Gasteiger partial charge on any atom is 0.331 e. The zero-order chi connectivity index (χ0) is 4.99. The van der Waals surface area contributed by atoms with Crippen LogP contribution in [0.5, 0.6) is 0 Å². The maximum atomic E-state index is 9.17. The molecule has 0 aromatic rings. The molecule has 2 N–H and O–H groups in total. The van der Waals surface area contributed by atoms with Gasteiger partial charge in [-0.05, 0) is 0 Å². The van der Waals surface area contributed by atoms with Crippen LogP contribution < -0.4 is 0 Å². The molecule has 0 aromatic heterocycles. The Labute approximate surface area is 35.6 Å². The normalized spacial score (nSPS) is 10.5. The third kappa shape index (κ3) is 3.98. The van der Waals surface area contributed by atoms with E-state index in [2.05, 4.69) is 4.52 Å². The van der Waals surface area contributed by atoms with Crippen molar-refractivity contribution in [3.8, 4) is 0 Å². The Morgan fingerprint density at radius 1 is 1.67 bits per heavy atom. The molecule has 0 aliphatic rings. The summed E-state index contributed by atoms with van der Waals surface area (Å²) >= 11 is 0. The lowest BCUT2D eigenvalue weighted by atomic mass is 11.4. The molecule has 0 saturated carbocycles. The van der Waals surface area contributed by atoms with Crippen molar-refractivity contribution in [2.75, 3.05) is 0 Å². The molecule has 0 heterocycles. The van der Waals surface area contributed by atoms with Crippen LogP contribution in [0.15, 0.2) is 0 Å². The molecule has 0 unspecified atom stereocenters. The monoisotopic (exact) mass is 110 g/mol. The lowest BCUT2D eigenvalue weighted by Gasteiger charge is -1.89. The second-order valence-electron chi connectivity index (χ2n) is 0.506. The van der Waals surface area contributed by atoms with E-state index in [4.69, 9.17) is 10.2 Å². The molecule has 4 nitrogen and oxygen atoms in total. The Kier molecular flexibility index (Phi) is 3.17. The van der Waals surface area contributed by atoms with Crippen LogP contribution in [-0.2, 0) is 9.09 Å². The first-order valence-electron chi connectivity index (χ1n) is 1.12. The second-order valence-corrected chi connectivity index (χ2v) is 0.866. The zero-order valence-corrected chi connectivity index (χ0v) is 3.63. The van der Waals surface area contributed by atoms with E-state index >= 15 is 0 Å². The van der Waals surface area contributed by atoms with Gasteiger partial charge in [-0.15, -0.1) is 0 Å². The van der Waals surface area contributed by atoms with E-state index < -0.39 is 15.2 Å². The van der Waals surface area contributed by atoms with Crippen molar-refractivity contribution in [1.82, 2.24) is 0 Å². The fourth-order valence-electron chi connectivity index (χ4n) is 0.0385. The van der Waals surface area contributed by atoms with Crippen LogP contribution in [-0.4, -0.2) is 16.7 Å². The first kappa shape index (κ1) is 5.98. The molecule has 6 heavy (non-hydrogen) atoms. The highest BCUT2D eigenvalue weighted by Crippen LogP contribution is 1.94. The van der Waals surface area contributed by atoms with E-state index in [0.717, 1.165) is 0 Å². The van der Waals surface area contributed by atoms with E-state index in [9.17, 15) is 4.57 Å². The van der Waals surface area contributed by atoms with Crippen LogP contribution in [0.3, 0.4) is 0 Å². The van der Waals surface area contributed by atoms with E-state index in [-0.39, 0.29) is 0 Å². The SMILES string of the molecule is O=POC(O)O. The summed E-state index contributed by atoms with van der Waals surface area (Å²) in [6.45, 7) is -1.93. The Hall–Kier alpha value is -0.0200. The lowest BCUT2D eigenvalue weighted by molar-refractivity contribution is -0.174. The molecule has 0 bridgehead atoms. The Morgan fingerprint density at radius 3 is 2.17 bits per heavy atom. The van der Waals surface area contributed by atoms with E-state index in [1.165, 1.54) is 0 Å². The highest BCUT2D eigenvalue weighted by molar-refractivity contribution is 7.17. The number of rotatable bonds is 2. The fourth-order valence-corrected chi connectivity index (χ4v) is 0.115. The summed E-state index contributed by atoms with van der Waals surface area (Å²) in [6.07, 6.45) is 0. The van der Waals surface area contributed by atoms with Gasteiger partial charge in [0.15, 0.2) is 0 Å². The van der Waals surface area contributed by atoms with Gasteiger partial charge in [0.05, 0.1) is 0 Å². The van der Waals surface area contributed by atoms with E-state index in [0.29, 0.717) is 0 Å². The van der Waals surface area contributed by atoms with Gasteiger partial charge in [-0.25, -0.2) is 9.09 Å². The summed E-state index contributed by atoms with van der Waals surface area (Å²) in [5.74, 6) is 0. The van der Waals surface area contributed by atoms with Gasteiger partial charge >= 0.3 is 8.69 Å². The van der Waals surface area contributed by atoms with Crippen LogP contribution in [0.1, 0.15) is 0 Å². The molecule has 5 heteroatoms. The topological polar surface area (TPSA) is 66.8 Å². The summed E-state index contributed by atoms with van der Waals surface area (Å²) in [6, 6.07) is 0. The molecule has 0 aromatic carbocycles. The number of hydrogen-bond acceptors (Lipinski definition) is 4. The third-order valence-electron chi connectivity index (χ3n) is 0.137. The summed E-state index contributed by atoms with van der Waals surface area (Å²) in [7, 11) is -0.726. The predicted molar refractivity (Wildman–Crippen MR) is 16.9 cm³/mol. The standard InChI is InChI=1S/CH3O4P/c2-1(3)5-6-4/h1-3H. The number of hydrogen-bond donors (Lipinski definition) is 2. The summed E-state index contributed by atoms with van der Waals surface area (Å²) in [4.78, 5) is 0. The van der Waals surface area contributed by atoms with Crippen LogP contribution in [0.25, 0.3) is 0 Å². The van der Waals surface area contributed by atoms with Gasteiger partial charge < -0.3 is 10.2 Å². The minimum atomic E-state index is -1.93. The van der Waals surface area contributed by atoms with Gasteiger partial charge in [0.2, 0.25) is 0 Å². The van der Waals surface area contributed by atoms with Gasteiger partial charge in [0, 0.05) is 0 Å². The van der Waals surface area contributed by atoms with Crippen LogP contribution in [0, 0.1) is 0 Å². The van der Waals surface area contributed by atoms with Crippen molar-refractivity contribution < 1.29 is 19.3 Å². The molecule has 0 aliphatic carbocycles. The Bertz CT molecular complexity index is 42.8. The van der Waals surface area contributed by atoms with Crippen molar-refractivity contribution in [3.63, 3.8) is 0 Å². The quantitative estimate of drug-likeness (QED) is 0.370. The minimum absolute atomic E-state index is 0.726. The largest absolute Gasteiger partial charge is 0.345 e. The van der Waals surface area contributed by atoms with Crippen molar-refractivity contribution in [3.05, 3.63) is 0 Å². The first-order chi connectivity index (χ1) is 2.77. The molecule has 0 rings (SSSR count). The molecular weight excluding hydrogens is 107 g/mol. The summed E-state index contributed by atoms with van der Waals surface area (Å²) in [5.41, 5.74) is 0. The van der Waals surface area contributed by atoms with Crippen LogP contribution in [0.2, 0.25) is 0 Å². The molecule has 0 aliphatic heterocycles. The predicted octanol–water partition coefficient (Wildman–Crippen LogP) is -0.522. The number of aliphatic hydroxyl groups is 2. The van der Waals surface area contributed by atoms with Gasteiger partial charge in [0.25, 0.3) is 6.48 Å². The molecule has 0 amide bonds. The van der Waals surface area contributed by atoms with Crippen molar-refractivity contribution in [1.29, 1.82) is 0 Å². The fraction of sp³-hybridized carbons (Fsp3) is 1.00. The Morgan fingerprint density at radius 2 is 2.17 bits per heavy atom. The summed E-state index contributed by atoms with van der Waals surface area (Å²) < 4.78 is 12.7. The summed E-state index contributed by atoms with van der Waals surface area (Å²) in [5, 5.41) is 15.4. The van der Waals surface area contributed by atoms with E-state index in [1.54, 1.807) is 0 Å². The molecule has 0 spiro atoms. The maximum absolute atomic E-state index is 9.17. The Balaban J connectivity index is 2.81. The van der Waals surface area contributed by atoms with Crippen LogP contribution >= 0.6 is 8.69 Å². The molecule has 0 fully saturated rings. The highest BCUT2D eigenvalue weighted by atomic mass is 31.1. The third-order valence-corrected chi connectivity index (χ3v) is 0.412. The first-order valence-corrected chi connectivity index (χ1v) is 1.85. The smallest absolute Gasteiger partial charge is 0.331 e. The molecule has 0 atom stereocenters. The average Bonchev–Trinajstić information content (AvgIpc) is 1.35. The van der Waals surface area contributed by atoms with Crippen LogP contribution in [0.4, 0.5) is 0 Å². The van der Waals surface area contributed by atoms with Crippen molar-refractivity contribution in [2.45, 2.75) is 6.48 Å². The lowest BCUT2D eigenvalue weighted by Crippen LogP contribution is -2.01. The second kappa shape index (κ2) is 3.18. The average molecular weight is 110 g/mol. The highest BCUT2D eigenvalue weighted by Gasteiger charge is 1.90. The number of aliphatic hydroxyl groups excluding tert-OH is 1. The van der Waals surface area contributed by atoms with Crippen molar-refractivity contribution in [2.24, 2.45) is 0 Å². The van der Waals surface area contributed by atoms with Crippen molar-refractivity contribution >= 4 is 8.69 Å². The van der Waals surface area contributed by atoms with Gasteiger partial charge in [-0.2, -0.15) is 0 Å². The van der Waals surface area contributed by atoms with E-state index in [1.807, 2.05) is 0 Å². The molecule has 0 saturated heterocycles. The van der Waals surface area contributed by atoms with Gasteiger partial charge in [-0.3, -0.25) is 0 Å².